The maximum Gasteiger partial charge on any atom is 0.319 e. The fraction of sp³-hybridized carbons (Fsp3) is 0.562. The third-order valence-electron chi connectivity index (χ3n) is 3.86. The molecule has 1 fully saturated rings. The summed E-state index contributed by atoms with van der Waals surface area (Å²) in [5.41, 5.74) is 3.11. The number of carbonyl (C=O) groups is 1. The molecule has 4 nitrogen and oxygen atoms in total. The van der Waals surface area contributed by atoms with Crippen molar-refractivity contribution in [2.75, 3.05) is 31.5 Å². The zero-order valence-corrected chi connectivity index (χ0v) is 12.5. The Morgan fingerprint density at radius 3 is 2.50 bits per heavy atom. The van der Waals surface area contributed by atoms with Crippen LogP contribution in [0.5, 0.6) is 0 Å². The van der Waals surface area contributed by atoms with Crippen molar-refractivity contribution in [1.82, 2.24) is 10.2 Å². The molecule has 1 heterocycles. The van der Waals surface area contributed by atoms with Crippen LogP contribution in [0.25, 0.3) is 0 Å². The van der Waals surface area contributed by atoms with Crippen molar-refractivity contribution in [2.45, 2.75) is 33.1 Å². The van der Waals surface area contributed by atoms with Gasteiger partial charge in [0.05, 0.1) is 0 Å². The van der Waals surface area contributed by atoms with Crippen molar-refractivity contribution in [3.8, 4) is 0 Å². The molecule has 1 saturated heterocycles. The Kier molecular flexibility index (Phi) is 5.41. The Balaban J connectivity index is 1.69. The van der Waals surface area contributed by atoms with Gasteiger partial charge in [-0.25, -0.2) is 4.79 Å². The Morgan fingerprint density at radius 2 is 1.85 bits per heavy atom. The van der Waals surface area contributed by atoms with Gasteiger partial charge in [0.1, 0.15) is 0 Å². The quantitative estimate of drug-likeness (QED) is 0.812. The van der Waals surface area contributed by atoms with Crippen LogP contribution in [-0.2, 0) is 0 Å². The van der Waals surface area contributed by atoms with Crippen LogP contribution in [0.4, 0.5) is 10.5 Å². The number of aryl methyl sites for hydroxylation is 2. The number of anilines is 1. The van der Waals surface area contributed by atoms with Gasteiger partial charge in [-0.3, -0.25) is 0 Å². The highest BCUT2D eigenvalue weighted by molar-refractivity contribution is 5.90. The van der Waals surface area contributed by atoms with Crippen molar-refractivity contribution < 1.29 is 4.79 Å². The highest BCUT2D eigenvalue weighted by Gasteiger charge is 2.11. The second kappa shape index (κ2) is 7.29. The molecule has 1 aromatic rings. The highest BCUT2D eigenvalue weighted by atomic mass is 16.2. The third kappa shape index (κ3) is 4.23. The molecule has 0 unspecified atom stereocenters. The number of para-hydroxylation sites is 1. The lowest BCUT2D eigenvalue weighted by Gasteiger charge is -2.15. The second-order valence-corrected chi connectivity index (χ2v) is 5.55. The fourth-order valence-corrected chi connectivity index (χ4v) is 2.68. The first-order valence-electron chi connectivity index (χ1n) is 7.50. The Bertz CT molecular complexity index is 433. The van der Waals surface area contributed by atoms with E-state index in [1.54, 1.807) is 0 Å². The van der Waals surface area contributed by atoms with E-state index in [0.717, 1.165) is 36.3 Å². The minimum absolute atomic E-state index is 0.108. The van der Waals surface area contributed by atoms with Gasteiger partial charge >= 0.3 is 6.03 Å². The summed E-state index contributed by atoms with van der Waals surface area (Å²) in [5, 5.41) is 5.88. The van der Waals surface area contributed by atoms with E-state index in [9.17, 15) is 4.79 Å². The molecule has 0 aliphatic carbocycles. The van der Waals surface area contributed by atoms with Crippen molar-refractivity contribution in [3.05, 3.63) is 29.3 Å². The number of carbonyl (C=O) groups excluding carboxylic acids is 1. The van der Waals surface area contributed by atoms with E-state index in [-0.39, 0.29) is 6.03 Å². The van der Waals surface area contributed by atoms with Crippen molar-refractivity contribution >= 4 is 11.7 Å². The molecule has 0 radical (unpaired) electrons. The average Bonchev–Trinajstić information content (AvgIpc) is 2.92. The predicted molar refractivity (Wildman–Crippen MR) is 83.2 cm³/mol. The van der Waals surface area contributed by atoms with E-state index >= 15 is 0 Å². The lowest BCUT2D eigenvalue weighted by Crippen LogP contribution is -2.32. The Labute approximate surface area is 121 Å². The first-order valence-corrected chi connectivity index (χ1v) is 7.50. The summed E-state index contributed by atoms with van der Waals surface area (Å²) in [4.78, 5) is 14.3. The molecule has 4 heteroatoms. The number of urea groups is 1. The molecule has 2 rings (SSSR count). The molecule has 0 saturated carbocycles. The lowest BCUT2D eigenvalue weighted by atomic mass is 10.1. The predicted octanol–water partition coefficient (Wildman–Crippen LogP) is 2.91. The van der Waals surface area contributed by atoms with E-state index in [4.69, 9.17) is 0 Å². The fourth-order valence-electron chi connectivity index (χ4n) is 2.68. The van der Waals surface area contributed by atoms with Gasteiger partial charge in [0.2, 0.25) is 0 Å². The lowest BCUT2D eigenvalue weighted by molar-refractivity contribution is 0.251. The highest BCUT2D eigenvalue weighted by Crippen LogP contribution is 2.18. The number of likely N-dealkylation sites (tertiary alicyclic amines) is 1. The summed E-state index contributed by atoms with van der Waals surface area (Å²) in [7, 11) is 0. The molecule has 1 aromatic carbocycles. The Hall–Kier alpha value is -1.55. The summed E-state index contributed by atoms with van der Waals surface area (Å²) in [6.07, 6.45) is 3.65. The van der Waals surface area contributed by atoms with Crippen molar-refractivity contribution in [3.63, 3.8) is 0 Å². The number of hydrogen-bond donors (Lipinski definition) is 2. The molecule has 20 heavy (non-hydrogen) atoms. The molecule has 2 amide bonds. The summed E-state index contributed by atoms with van der Waals surface area (Å²) >= 11 is 0. The minimum atomic E-state index is -0.108. The van der Waals surface area contributed by atoms with Gasteiger partial charge in [-0.1, -0.05) is 18.2 Å². The molecule has 110 valence electrons. The maximum atomic E-state index is 11.9. The summed E-state index contributed by atoms with van der Waals surface area (Å²) in [5.74, 6) is 0. The molecule has 0 spiro atoms. The third-order valence-corrected chi connectivity index (χ3v) is 3.86. The van der Waals surface area contributed by atoms with Gasteiger partial charge in [0.15, 0.2) is 0 Å². The molecule has 0 aromatic heterocycles. The van der Waals surface area contributed by atoms with Gasteiger partial charge in [-0.05, 0) is 63.9 Å². The molecular formula is C16H25N3O. The number of nitrogens with one attached hydrogen (secondary N) is 2. The number of rotatable bonds is 5. The Morgan fingerprint density at radius 1 is 1.20 bits per heavy atom. The van der Waals surface area contributed by atoms with E-state index < -0.39 is 0 Å². The number of amides is 2. The van der Waals surface area contributed by atoms with Gasteiger partial charge in [0.25, 0.3) is 0 Å². The second-order valence-electron chi connectivity index (χ2n) is 5.55. The van der Waals surface area contributed by atoms with Gasteiger partial charge < -0.3 is 15.5 Å². The summed E-state index contributed by atoms with van der Waals surface area (Å²) in [6, 6.07) is 5.92. The van der Waals surface area contributed by atoms with Crippen LogP contribution in [0.1, 0.15) is 30.4 Å². The van der Waals surface area contributed by atoms with Gasteiger partial charge in [0, 0.05) is 12.2 Å². The smallest absolute Gasteiger partial charge is 0.319 e. The number of benzene rings is 1. The van der Waals surface area contributed by atoms with Crippen LogP contribution < -0.4 is 10.6 Å². The zero-order valence-electron chi connectivity index (χ0n) is 12.5. The van der Waals surface area contributed by atoms with Crippen molar-refractivity contribution in [2.24, 2.45) is 0 Å². The van der Waals surface area contributed by atoms with Crippen molar-refractivity contribution in [1.29, 1.82) is 0 Å². The first-order chi connectivity index (χ1) is 9.66. The molecule has 1 aliphatic rings. The van der Waals surface area contributed by atoms with E-state index in [2.05, 4.69) is 15.5 Å². The first kappa shape index (κ1) is 14.9. The standard InChI is InChI=1S/C16H25N3O/c1-13-7-5-8-14(2)15(13)18-16(20)17-9-6-12-19-10-3-4-11-19/h5,7-8H,3-4,6,9-12H2,1-2H3,(H2,17,18,20). The summed E-state index contributed by atoms with van der Waals surface area (Å²) < 4.78 is 0. The SMILES string of the molecule is Cc1cccc(C)c1NC(=O)NCCCN1CCCC1. The number of hydrogen-bond acceptors (Lipinski definition) is 2. The average molecular weight is 275 g/mol. The molecule has 0 atom stereocenters. The van der Waals surface area contributed by atoms with E-state index in [1.165, 1.54) is 25.9 Å². The van der Waals surface area contributed by atoms with E-state index in [0.29, 0.717) is 0 Å². The monoisotopic (exact) mass is 275 g/mol. The van der Waals surface area contributed by atoms with Gasteiger partial charge in [-0.2, -0.15) is 0 Å². The van der Waals surface area contributed by atoms with Crippen LogP contribution in [0, 0.1) is 13.8 Å². The zero-order chi connectivity index (χ0) is 14.4. The molecule has 1 aliphatic heterocycles. The summed E-state index contributed by atoms with van der Waals surface area (Å²) in [6.45, 7) is 8.27. The van der Waals surface area contributed by atoms with Crippen LogP contribution >= 0.6 is 0 Å². The topological polar surface area (TPSA) is 44.4 Å². The molecule has 0 bridgehead atoms. The minimum Gasteiger partial charge on any atom is -0.338 e. The maximum absolute atomic E-state index is 11.9. The van der Waals surface area contributed by atoms with Crippen LogP contribution in [0.2, 0.25) is 0 Å². The molecule has 2 N–H and O–H groups in total. The van der Waals surface area contributed by atoms with Crippen LogP contribution in [0.3, 0.4) is 0 Å². The normalized spacial score (nSPS) is 15.3. The van der Waals surface area contributed by atoms with Crippen LogP contribution in [0.15, 0.2) is 18.2 Å². The number of nitrogens with zero attached hydrogens (tertiary/aromatic N) is 1. The van der Waals surface area contributed by atoms with Gasteiger partial charge in [-0.15, -0.1) is 0 Å². The van der Waals surface area contributed by atoms with Crippen LogP contribution in [-0.4, -0.2) is 37.1 Å². The molecular weight excluding hydrogens is 250 g/mol. The van der Waals surface area contributed by atoms with E-state index in [1.807, 2.05) is 32.0 Å². The largest absolute Gasteiger partial charge is 0.338 e.